The van der Waals surface area contributed by atoms with E-state index in [1.54, 1.807) is 12.1 Å². The average molecular weight is 252 g/mol. The zero-order valence-electron chi connectivity index (χ0n) is 11.1. The third-order valence-corrected chi connectivity index (χ3v) is 3.48. The number of rotatable bonds is 4. The zero-order chi connectivity index (χ0) is 13.0. The van der Waals surface area contributed by atoms with Crippen LogP contribution < -0.4 is 15.0 Å². The van der Waals surface area contributed by atoms with Crippen molar-refractivity contribution in [3.05, 3.63) is 24.0 Å². The molecular weight excluding hydrogens is 231 g/mol. The highest BCUT2D eigenvalue weighted by molar-refractivity contribution is 5.50. The minimum absolute atomic E-state index is 0.273. The van der Waals surface area contributed by atoms with E-state index in [4.69, 9.17) is 4.74 Å². The first-order valence-electron chi connectivity index (χ1n) is 6.59. The Hall–Kier alpha value is -1.29. The van der Waals surface area contributed by atoms with Crippen LogP contribution in [-0.4, -0.2) is 32.8 Å². The van der Waals surface area contributed by atoms with Crippen LogP contribution in [0.3, 0.4) is 0 Å². The summed E-state index contributed by atoms with van der Waals surface area (Å²) in [7, 11) is 2.00. The van der Waals surface area contributed by atoms with Gasteiger partial charge in [-0.2, -0.15) is 0 Å². The fraction of sp³-hybridized carbons (Fsp3) is 0.571. The molecule has 4 heteroatoms. The van der Waals surface area contributed by atoms with Crippen molar-refractivity contribution in [3.63, 3.8) is 0 Å². The van der Waals surface area contributed by atoms with Gasteiger partial charge in [0, 0.05) is 30.9 Å². The Bertz CT molecular complexity index is 389. The molecule has 0 unspecified atom stereocenters. The van der Waals surface area contributed by atoms with Gasteiger partial charge in [-0.25, -0.2) is 4.39 Å². The number of nitrogens with zero attached hydrogens (tertiary/aromatic N) is 1. The van der Waals surface area contributed by atoms with Crippen molar-refractivity contribution >= 4 is 5.69 Å². The van der Waals surface area contributed by atoms with Crippen molar-refractivity contribution < 1.29 is 9.13 Å². The number of halogens is 1. The summed E-state index contributed by atoms with van der Waals surface area (Å²) in [5, 5.41) is 3.29. The van der Waals surface area contributed by atoms with Gasteiger partial charge in [0.25, 0.3) is 0 Å². The third kappa shape index (κ3) is 2.93. The number of benzene rings is 1. The molecule has 0 atom stereocenters. The molecule has 1 N–H and O–H groups in total. The molecule has 0 aliphatic carbocycles. The number of anilines is 1. The van der Waals surface area contributed by atoms with Crippen LogP contribution in [0.5, 0.6) is 5.75 Å². The number of piperidine rings is 1. The van der Waals surface area contributed by atoms with E-state index in [0.717, 1.165) is 31.6 Å². The summed E-state index contributed by atoms with van der Waals surface area (Å²) in [5.41, 5.74) is 0.950. The van der Waals surface area contributed by atoms with Gasteiger partial charge in [0.1, 0.15) is 0 Å². The highest BCUT2D eigenvalue weighted by Crippen LogP contribution is 2.26. The Morgan fingerprint density at radius 2 is 2.11 bits per heavy atom. The van der Waals surface area contributed by atoms with Crippen molar-refractivity contribution in [1.29, 1.82) is 0 Å². The van der Waals surface area contributed by atoms with Gasteiger partial charge >= 0.3 is 0 Å². The Labute approximate surface area is 108 Å². The number of nitrogens with one attached hydrogen (secondary N) is 1. The van der Waals surface area contributed by atoms with Crippen molar-refractivity contribution in [2.24, 2.45) is 0 Å². The maximum Gasteiger partial charge on any atom is 0.167 e. The molecule has 1 aliphatic rings. The molecule has 0 bridgehead atoms. The van der Waals surface area contributed by atoms with E-state index in [1.807, 2.05) is 20.0 Å². The monoisotopic (exact) mass is 252 g/mol. The van der Waals surface area contributed by atoms with Gasteiger partial charge in [-0.15, -0.1) is 0 Å². The molecule has 1 fully saturated rings. The van der Waals surface area contributed by atoms with Crippen molar-refractivity contribution in [3.8, 4) is 5.75 Å². The molecule has 0 amide bonds. The summed E-state index contributed by atoms with van der Waals surface area (Å²) < 4.78 is 19.0. The van der Waals surface area contributed by atoms with Crippen LogP contribution in [0.15, 0.2) is 18.2 Å². The lowest BCUT2D eigenvalue weighted by Crippen LogP contribution is -2.41. The summed E-state index contributed by atoms with van der Waals surface area (Å²) in [6.07, 6.45) is 2.21. The van der Waals surface area contributed by atoms with E-state index in [9.17, 15) is 4.39 Å². The lowest BCUT2D eigenvalue weighted by molar-refractivity contribution is 0.321. The predicted molar refractivity (Wildman–Crippen MR) is 71.9 cm³/mol. The van der Waals surface area contributed by atoms with E-state index in [-0.39, 0.29) is 5.82 Å². The van der Waals surface area contributed by atoms with Crippen molar-refractivity contribution in [2.75, 3.05) is 31.6 Å². The fourth-order valence-corrected chi connectivity index (χ4v) is 2.39. The van der Waals surface area contributed by atoms with Crippen LogP contribution in [-0.2, 0) is 0 Å². The molecule has 0 spiro atoms. The lowest BCUT2D eigenvalue weighted by Gasteiger charge is -2.33. The van der Waals surface area contributed by atoms with E-state index in [0.29, 0.717) is 18.4 Å². The molecule has 1 heterocycles. The Balaban J connectivity index is 2.03. The second-order valence-corrected chi connectivity index (χ2v) is 4.60. The van der Waals surface area contributed by atoms with Gasteiger partial charge in [0.2, 0.25) is 0 Å². The van der Waals surface area contributed by atoms with E-state index < -0.39 is 0 Å². The largest absolute Gasteiger partial charge is 0.491 e. The Kier molecular flexibility index (Phi) is 4.42. The minimum atomic E-state index is -0.273. The lowest BCUT2D eigenvalue weighted by atomic mass is 10.0. The third-order valence-electron chi connectivity index (χ3n) is 3.48. The Morgan fingerprint density at radius 3 is 2.67 bits per heavy atom. The summed E-state index contributed by atoms with van der Waals surface area (Å²) in [4.78, 5) is 2.23. The molecule has 0 aromatic heterocycles. The van der Waals surface area contributed by atoms with Crippen LogP contribution >= 0.6 is 0 Å². The second-order valence-electron chi connectivity index (χ2n) is 4.60. The standard InChI is InChI=1S/C14H21FN2O/c1-3-18-14-5-4-12(10-13(14)15)17-8-6-11(16-2)7-9-17/h4-5,10-11,16H,3,6-9H2,1-2H3. The highest BCUT2D eigenvalue weighted by atomic mass is 19.1. The quantitative estimate of drug-likeness (QED) is 0.890. The summed E-state index contributed by atoms with van der Waals surface area (Å²) in [5.74, 6) is 0.0662. The van der Waals surface area contributed by atoms with Crippen molar-refractivity contribution in [2.45, 2.75) is 25.8 Å². The van der Waals surface area contributed by atoms with Gasteiger partial charge < -0.3 is 15.0 Å². The predicted octanol–water partition coefficient (Wildman–Crippen LogP) is 2.41. The van der Waals surface area contributed by atoms with Gasteiger partial charge in [-0.3, -0.25) is 0 Å². The molecule has 1 aliphatic heterocycles. The summed E-state index contributed by atoms with van der Waals surface area (Å²) in [6.45, 7) is 4.29. The maximum atomic E-state index is 13.8. The first kappa shape index (κ1) is 13.1. The number of hydrogen-bond acceptors (Lipinski definition) is 3. The average Bonchev–Trinajstić information content (AvgIpc) is 2.41. The van der Waals surface area contributed by atoms with Crippen LogP contribution in [0.1, 0.15) is 19.8 Å². The number of ether oxygens (including phenoxy) is 1. The molecule has 1 aromatic rings. The first-order chi connectivity index (χ1) is 8.74. The molecule has 0 saturated carbocycles. The SMILES string of the molecule is CCOc1ccc(N2CCC(NC)CC2)cc1F. The molecule has 1 aromatic carbocycles. The molecule has 1 saturated heterocycles. The molecular formula is C14H21FN2O. The fourth-order valence-electron chi connectivity index (χ4n) is 2.39. The van der Waals surface area contributed by atoms with Gasteiger partial charge in [-0.05, 0) is 38.9 Å². The maximum absolute atomic E-state index is 13.8. The van der Waals surface area contributed by atoms with Crippen molar-refractivity contribution in [1.82, 2.24) is 5.32 Å². The molecule has 0 radical (unpaired) electrons. The van der Waals surface area contributed by atoms with Crippen LogP contribution in [0, 0.1) is 5.82 Å². The van der Waals surface area contributed by atoms with Crippen LogP contribution in [0.2, 0.25) is 0 Å². The minimum Gasteiger partial charge on any atom is -0.491 e. The van der Waals surface area contributed by atoms with E-state index in [2.05, 4.69) is 10.2 Å². The highest BCUT2D eigenvalue weighted by Gasteiger charge is 2.18. The smallest absolute Gasteiger partial charge is 0.167 e. The summed E-state index contributed by atoms with van der Waals surface area (Å²) in [6, 6.07) is 5.82. The van der Waals surface area contributed by atoms with Gasteiger partial charge in [0.05, 0.1) is 6.61 Å². The number of hydrogen-bond donors (Lipinski definition) is 1. The van der Waals surface area contributed by atoms with Crippen LogP contribution in [0.4, 0.5) is 10.1 Å². The molecule has 100 valence electrons. The van der Waals surface area contributed by atoms with Gasteiger partial charge in [-0.1, -0.05) is 0 Å². The first-order valence-corrected chi connectivity index (χ1v) is 6.59. The Morgan fingerprint density at radius 1 is 1.39 bits per heavy atom. The van der Waals surface area contributed by atoms with Crippen LogP contribution in [0.25, 0.3) is 0 Å². The molecule has 2 rings (SSSR count). The second kappa shape index (κ2) is 6.05. The van der Waals surface area contributed by atoms with E-state index >= 15 is 0 Å². The van der Waals surface area contributed by atoms with E-state index in [1.165, 1.54) is 0 Å². The normalized spacial score (nSPS) is 16.9. The zero-order valence-corrected chi connectivity index (χ0v) is 11.1. The molecule has 18 heavy (non-hydrogen) atoms. The molecule has 3 nitrogen and oxygen atoms in total. The topological polar surface area (TPSA) is 24.5 Å². The van der Waals surface area contributed by atoms with Gasteiger partial charge in [0.15, 0.2) is 11.6 Å². The summed E-state index contributed by atoms with van der Waals surface area (Å²) >= 11 is 0.